The molecule has 2 aromatic heterocycles. The number of ether oxygens (including phenoxy) is 1. The normalized spacial score (nSPS) is 12.2. The van der Waals surface area contributed by atoms with E-state index in [2.05, 4.69) is 4.98 Å². The minimum absolute atomic E-state index is 0.330. The third kappa shape index (κ3) is 2.69. The van der Waals surface area contributed by atoms with Gasteiger partial charge in [0.25, 0.3) is 11.1 Å². The van der Waals surface area contributed by atoms with Crippen LogP contribution in [0.2, 0.25) is 5.02 Å². The summed E-state index contributed by atoms with van der Waals surface area (Å²) in [5, 5.41) is 0.759. The summed E-state index contributed by atoms with van der Waals surface area (Å²) in [5.74, 6) is 0.733. The van der Waals surface area contributed by atoms with Gasteiger partial charge >= 0.3 is 0 Å². The molecule has 4 rings (SSSR count). The van der Waals surface area contributed by atoms with Crippen molar-refractivity contribution >= 4 is 44.9 Å². The van der Waals surface area contributed by atoms with Crippen molar-refractivity contribution < 1.29 is 4.74 Å². The van der Waals surface area contributed by atoms with Gasteiger partial charge in [-0.25, -0.2) is 9.38 Å². The lowest BCUT2D eigenvalue weighted by Crippen LogP contribution is -2.31. The third-order valence-corrected chi connectivity index (χ3v) is 5.03. The van der Waals surface area contributed by atoms with Crippen LogP contribution in [0.25, 0.3) is 21.9 Å². The summed E-state index contributed by atoms with van der Waals surface area (Å²) >= 11 is 7.13. The van der Waals surface area contributed by atoms with Gasteiger partial charge in [-0.2, -0.15) is 0 Å². The fourth-order valence-corrected chi connectivity index (χ4v) is 3.72. The summed E-state index contributed by atoms with van der Waals surface area (Å²) in [4.78, 5) is 30.1. The van der Waals surface area contributed by atoms with Crippen LogP contribution in [-0.4, -0.2) is 16.5 Å². The maximum atomic E-state index is 12.7. The van der Waals surface area contributed by atoms with E-state index in [1.807, 2.05) is 24.3 Å². The van der Waals surface area contributed by atoms with E-state index in [-0.39, 0.29) is 5.56 Å². The van der Waals surface area contributed by atoms with Crippen LogP contribution in [0.5, 0.6) is 5.75 Å². The third-order valence-electron chi connectivity index (χ3n) is 3.83. The molecular formula is C18H11ClN2O3S. The molecular weight excluding hydrogens is 360 g/mol. The van der Waals surface area contributed by atoms with Gasteiger partial charge in [0.15, 0.2) is 0 Å². The van der Waals surface area contributed by atoms with Crippen molar-refractivity contribution in [2.75, 3.05) is 7.11 Å². The van der Waals surface area contributed by atoms with Crippen molar-refractivity contribution in [3.05, 3.63) is 78.3 Å². The van der Waals surface area contributed by atoms with Gasteiger partial charge in [0.05, 0.1) is 22.5 Å². The van der Waals surface area contributed by atoms with Gasteiger partial charge in [0.1, 0.15) is 5.75 Å². The Labute approximate surface area is 150 Å². The molecule has 2 heterocycles. The molecule has 0 aliphatic carbocycles. The molecule has 0 aliphatic heterocycles. The van der Waals surface area contributed by atoms with Crippen LogP contribution in [0.4, 0.5) is 0 Å². The first-order chi connectivity index (χ1) is 12.1. The van der Waals surface area contributed by atoms with E-state index in [0.717, 1.165) is 15.7 Å². The molecule has 5 nitrogen and oxygen atoms in total. The molecule has 0 bridgehead atoms. The summed E-state index contributed by atoms with van der Waals surface area (Å²) < 4.78 is 6.66. The Morgan fingerprint density at radius 1 is 1.12 bits per heavy atom. The Balaban J connectivity index is 2.00. The van der Waals surface area contributed by atoms with Gasteiger partial charge in [0, 0.05) is 5.02 Å². The summed E-state index contributed by atoms with van der Waals surface area (Å²) in [5.41, 5.74) is 0.574. The largest absolute Gasteiger partial charge is 0.497 e. The number of nitrogens with zero attached hydrogens (tertiary/aromatic N) is 2. The molecule has 0 atom stereocenters. The number of methoxy groups -OCH3 is 1. The number of fused-ring (bicyclic) bond motifs is 2. The summed E-state index contributed by atoms with van der Waals surface area (Å²) in [6.45, 7) is 0. The second kappa shape index (κ2) is 5.98. The average molecular weight is 371 g/mol. The van der Waals surface area contributed by atoms with E-state index in [9.17, 15) is 9.59 Å². The number of thiazole rings is 1. The standard InChI is InChI=1S/C18H11ClN2O3S/c1-24-12-5-2-10(3-6-12)8-15-17(23)21-16(22)13-9-11(19)4-7-14(13)20-18(21)25-15/h2-9H,1H3/b15-8-. The fourth-order valence-electron chi connectivity index (χ4n) is 2.58. The van der Waals surface area contributed by atoms with E-state index in [1.165, 1.54) is 17.4 Å². The fraction of sp³-hybridized carbons (Fsp3) is 0.0556. The van der Waals surface area contributed by atoms with Gasteiger partial charge in [-0.05, 0) is 42.0 Å². The molecule has 124 valence electrons. The van der Waals surface area contributed by atoms with E-state index < -0.39 is 5.56 Å². The molecule has 2 aromatic carbocycles. The van der Waals surface area contributed by atoms with Crippen molar-refractivity contribution in [1.29, 1.82) is 0 Å². The van der Waals surface area contributed by atoms with Crippen LogP contribution in [-0.2, 0) is 0 Å². The molecule has 25 heavy (non-hydrogen) atoms. The van der Waals surface area contributed by atoms with Crippen LogP contribution in [0, 0.1) is 0 Å². The van der Waals surface area contributed by atoms with E-state index >= 15 is 0 Å². The first-order valence-corrected chi connectivity index (χ1v) is 8.57. The number of benzene rings is 2. The molecule has 0 aliphatic rings. The molecule has 7 heteroatoms. The molecule has 0 amide bonds. The monoisotopic (exact) mass is 370 g/mol. The second-order valence-corrected chi connectivity index (χ2v) is 6.83. The van der Waals surface area contributed by atoms with Crippen molar-refractivity contribution in [2.45, 2.75) is 0 Å². The minimum atomic E-state index is -0.405. The molecule has 4 aromatic rings. The smallest absolute Gasteiger partial charge is 0.277 e. The van der Waals surface area contributed by atoms with Gasteiger partial charge in [0.2, 0.25) is 4.96 Å². The Morgan fingerprint density at radius 3 is 2.60 bits per heavy atom. The summed E-state index contributed by atoms with van der Waals surface area (Å²) in [7, 11) is 1.59. The Kier molecular flexibility index (Phi) is 3.78. The lowest BCUT2D eigenvalue weighted by Gasteiger charge is -1.98. The molecule has 0 N–H and O–H groups in total. The van der Waals surface area contributed by atoms with Crippen LogP contribution >= 0.6 is 22.9 Å². The number of halogens is 1. The van der Waals surface area contributed by atoms with E-state index in [4.69, 9.17) is 16.3 Å². The van der Waals surface area contributed by atoms with Gasteiger partial charge in [-0.1, -0.05) is 35.1 Å². The first-order valence-electron chi connectivity index (χ1n) is 7.37. The Hall–Kier alpha value is -2.70. The lowest BCUT2D eigenvalue weighted by atomic mass is 10.2. The van der Waals surface area contributed by atoms with Crippen molar-refractivity contribution in [3.8, 4) is 5.75 Å². The van der Waals surface area contributed by atoms with Crippen molar-refractivity contribution in [1.82, 2.24) is 9.38 Å². The molecule has 0 unspecified atom stereocenters. The molecule has 0 saturated carbocycles. The summed E-state index contributed by atoms with van der Waals surface area (Å²) in [6.07, 6.45) is 1.73. The summed E-state index contributed by atoms with van der Waals surface area (Å²) in [6, 6.07) is 12.2. The number of aromatic nitrogens is 2. The maximum absolute atomic E-state index is 12.7. The Morgan fingerprint density at radius 2 is 1.88 bits per heavy atom. The predicted octanol–water partition coefficient (Wildman–Crippen LogP) is 2.48. The number of hydrogen-bond donors (Lipinski definition) is 0. The highest BCUT2D eigenvalue weighted by Gasteiger charge is 2.11. The highest BCUT2D eigenvalue weighted by Crippen LogP contribution is 2.16. The second-order valence-electron chi connectivity index (χ2n) is 5.39. The molecule has 0 saturated heterocycles. The van der Waals surface area contributed by atoms with E-state index in [0.29, 0.717) is 25.4 Å². The average Bonchev–Trinajstić information content (AvgIpc) is 2.92. The van der Waals surface area contributed by atoms with Crippen LogP contribution in [0.3, 0.4) is 0 Å². The van der Waals surface area contributed by atoms with Crippen LogP contribution in [0.1, 0.15) is 5.56 Å². The topological polar surface area (TPSA) is 60.7 Å². The predicted molar refractivity (Wildman–Crippen MR) is 99.9 cm³/mol. The SMILES string of the molecule is COc1ccc(/C=c2\sc3nc4ccc(Cl)cc4c(=O)n3c2=O)cc1. The van der Waals surface area contributed by atoms with Crippen molar-refractivity contribution in [3.63, 3.8) is 0 Å². The van der Waals surface area contributed by atoms with Gasteiger partial charge in [-0.15, -0.1) is 0 Å². The number of hydrogen-bond acceptors (Lipinski definition) is 5. The molecule has 0 fully saturated rings. The zero-order chi connectivity index (χ0) is 17.6. The van der Waals surface area contributed by atoms with Gasteiger partial charge in [-0.3, -0.25) is 9.59 Å². The quantitative estimate of drug-likeness (QED) is 0.544. The zero-order valence-electron chi connectivity index (χ0n) is 13.0. The van der Waals surface area contributed by atoms with Crippen LogP contribution < -0.4 is 20.4 Å². The van der Waals surface area contributed by atoms with Gasteiger partial charge < -0.3 is 4.74 Å². The Bertz CT molecular complexity index is 1280. The molecule has 0 radical (unpaired) electrons. The molecule has 0 spiro atoms. The lowest BCUT2D eigenvalue weighted by molar-refractivity contribution is 0.415. The minimum Gasteiger partial charge on any atom is -0.497 e. The van der Waals surface area contributed by atoms with Crippen molar-refractivity contribution in [2.24, 2.45) is 0 Å². The first kappa shape index (κ1) is 15.8. The highest BCUT2D eigenvalue weighted by molar-refractivity contribution is 7.15. The number of rotatable bonds is 2. The highest BCUT2D eigenvalue weighted by atomic mass is 35.5. The van der Waals surface area contributed by atoms with Crippen LogP contribution in [0.15, 0.2) is 52.1 Å². The maximum Gasteiger partial charge on any atom is 0.277 e. The van der Waals surface area contributed by atoms with E-state index in [1.54, 1.807) is 25.3 Å². The zero-order valence-corrected chi connectivity index (χ0v) is 14.6.